The fourth-order valence-electron chi connectivity index (χ4n) is 1.40. The SMILES string of the molecule is OC(CCC1CC1)c1ncc[nH]1. The molecule has 1 heterocycles. The van der Waals surface area contributed by atoms with Crippen LogP contribution in [0.4, 0.5) is 0 Å². The van der Waals surface area contributed by atoms with Crippen LogP contribution in [-0.4, -0.2) is 15.1 Å². The predicted octanol–water partition coefficient (Wildman–Crippen LogP) is 1.63. The van der Waals surface area contributed by atoms with Crippen LogP contribution in [0.2, 0.25) is 0 Å². The average molecular weight is 166 g/mol. The van der Waals surface area contributed by atoms with E-state index in [1.54, 1.807) is 12.4 Å². The molecule has 0 spiro atoms. The molecule has 0 aromatic carbocycles. The molecule has 2 N–H and O–H groups in total. The van der Waals surface area contributed by atoms with Gasteiger partial charge in [-0.15, -0.1) is 0 Å². The summed E-state index contributed by atoms with van der Waals surface area (Å²) in [7, 11) is 0. The van der Waals surface area contributed by atoms with Gasteiger partial charge < -0.3 is 10.1 Å². The lowest BCUT2D eigenvalue weighted by Crippen LogP contribution is -1.99. The topological polar surface area (TPSA) is 48.9 Å². The third-order valence-corrected chi connectivity index (χ3v) is 2.38. The highest BCUT2D eigenvalue weighted by Crippen LogP contribution is 2.35. The minimum Gasteiger partial charge on any atom is -0.385 e. The van der Waals surface area contributed by atoms with Crippen LogP contribution in [0.15, 0.2) is 12.4 Å². The van der Waals surface area contributed by atoms with Crippen LogP contribution in [0.5, 0.6) is 0 Å². The number of nitrogens with zero attached hydrogens (tertiary/aromatic N) is 1. The molecule has 0 amide bonds. The molecule has 1 unspecified atom stereocenters. The summed E-state index contributed by atoms with van der Waals surface area (Å²) in [4.78, 5) is 6.93. The van der Waals surface area contributed by atoms with Gasteiger partial charge >= 0.3 is 0 Å². The van der Waals surface area contributed by atoms with Gasteiger partial charge in [0.1, 0.15) is 11.9 Å². The lowest BCUT2D eigenvalue weighted by molar-refractivity contribution is 0.153. The van der Waals surface area contributed by atoms with Gasteiger partial charge in [0.25, 0.3) is 0 Å². The molecule has 0 bridgehead atoms. The Morgan fingerprint density at radius 2 is 2.50 bits per heavy atom. The maximum Gasteiger partial charge on any atom is 0.134 e. The van der Waals surface area contributed by atoms with Crippen molar-refractivity contribution in [3.8, 4) is 0 Å². The smallest absolute Gasteiger partial charge is 0.134 e. The van der Waals surface area contributed by atoms with Crippen molar-refractivity contribution in [2.45, 2.75) is 31.8 Å². The fraction of sp³-hybridized carbons (Fsp3) is 0.667. The quantitative estimate of drug-likeness (QED) is 0.714. The first-order valence-electron chi connectivity index (χ1n) is 4.53. The minimum absolute atomic E-state index is 0.388. The van der Waals surface area contributed by atoms with Crippen LogP contribution >= 0.6 is 0 Å². The zero-order chi connectivity index (χ0) is 8.39. The molecule has 0 radical (unpaired) electrons. The average Bonchev–Trinajstić information content (AvgIpc) is 2.74. The van der Waals surface area contributed by atoms with E-state index >= 15 is 0 Å². The molecule has 66 valence electrons. The molecule has 1 saturated carbocycles. The molecular weight excluding hydrogens is 152 g/mol. The van der Waals surface area contributed by atoms with Crippen LogP contribution < -0.4 is 0 Å². The first-order chi connectivity index (χ1) is 5.86. The first-order valence-corrected chi connectivity index (χ1v) is 4.53. The predicted molar refractivity (Wildman–Crippen MR) is 45.5 cm³/mol. The van der Waals surface area contributed by atoms with E-state index in [0.29, 0.717) is 5.82 Å². The normalized spacial score (nSPS) is 19.4. The molecule has 1 aromatic heterocycles. The first kappa shape index (κ1) is 7.80. The van der Waals surface area contributed by atoms with E-state index in [0.717, 1.165) is 18.8 Å². The number of imidazole rings is 1. The number of aromatic nitrogens is 2. The van der Waals surface area contributed by atoms with Crippen LogP contribution in [0.25, 0.3) is 0 Å². The van der Waals surface area contributed by atoms with Crippen molar-refractivity contribution in [2.24, 2.45) is 5.92 Å². The summed E-state index contributed by atoms with van der Waals surface area (Å²) in [5.74, 6) is 1.59. The minimum atomic E-state index is -0.388. The summed E-state index contributed by atoms with van der Waals surface area (Å²) in [5.41, 5.74) is 0. The van der Waals surface area contributed by atoms with E-state index in [-0.39, 0.29) is 6.10 Å². The zero-order valence-corrected chi connectivity index (χ0v) is 7.03. The second-order valence-electron chi connectivity index (χ2n) is 3.51. The highest BCUT2D eigenvalue weighted by atomic mass is 16.3. The van der Waals surface area contributed by atoms with Gasteiger partial charge in [-0.05, 0) is 18.8 Å². The Hall–Kier alpha value is -0.830. The van der Waals surface area contributed by atoms with Crippen LogP contribution in [0.3, 0.4) is 0 Å². The molecular formula is C9H14N2O. The lowest BCUT2D eigenvalue weighted by atomic mass is 10.1. The summed E-state index contributed by atoms with van der Waals surface area (Å²) in [6.45, 7) is 0. The van der Waals surface area contributed by atoms with Gasteiger partial charge in [-0.25, -0.2) is 4.98 Å². The Bertz CT molecular complexity index is 229. The molecule has 3 nitrogen and oxygen atoms in total. The van der Waals surface area contributed by atoms with Gasteiger partial charge in [0.15, 0.2) is 0 Å². The number of hydrogen-bond donors (Lipinski definition) is 2. The van der Waals surface area contributed by atoms with Gasteiger partial charge in [0.2, 0.25) is 0 Å². The standard InChI is InChI=1S/C9H14N2O/c12-8(4-3-7-1-2-7)9-10-5-6-11-9/h5-8,12H,1-4H2,(H,10,11). The number of aliphatic hydroxyl groups excluding tert-OH is 1. The second kappa shape index (κ2) is 3.27. The monoisotopic (exact) mass is 166 g/mol. The van der Waals surface area contributed by atoms with Crippen LogP contribution in [-0.2, 0) is 0 Å². The molecule has 3 heteroatoms. The number of nitrogens with one attached hydrogen (secondary N) is 1. The number of rotatable bonds is 4. The molecule has 0 aliphatic heterocycles. The molecule has 1 aromatic rings. The summed E-state index contributed by atoms with van der Waals surface area (Å²) in [6, 6.07) is 0. The van der Waals surface area contributed by atoms with Crippen molar-refractivity contribution in [3.05, 3.63) is 18.2 Å². The van der Waals surface area contributed by atoms with Gasteiger partial charge in [0.05, 0.1) is 0 Å². The number of aliphatic hydroxyl groups is 1. The molecule has 1 atom stereocenters. The molecule has 1 aliphatic rings. The number of H-pyrrole nitrogens is 1. The largest absolute Gasteiger partial charge is 0.385 e. The zero-order valence-electron chi connectivity index (χ0n) is 7.03. The van der Waals surface area contributed by atoms with E-state index < -0.39 is 0 Å². The van der Waals surface area contributed by atoms with Gasteiger partial charge in [0, 0.05) is 12.4 Å². The van der Waals surface area contributed by atoms with Crippen molar-refractivity contribution in [2.75, 3.05) is 0 Å². The number of hydrogen-bond acceptors (Lipinski definition) is 2. The van der Waals surface area contributed by atoms with E-state index in [9.17, 15) is 5.11 Å². The molecule has 0 saturated heterocycles. The van der Waals surface area contributed by atoms with Crippen molar-refractivity contribution in [1.29, 1.82) is 0 Å². The van der Waals surface area contributed by atoms with Gasteiger partial charge in [-0.2, -0.15) is 0 Å². The molecule has 2 rings (SSSR count). The maximum absolute atomic E-state index is 9.59. The highest BCUT2D eigenvalue weighted by Gasteiger charge is 2.22. The Morgan fingerprint density at radius 3 is 3.08 bits per heavy atom. The third kappa shape index (κ3) is 1.85. The lowest BCUT2D eigenvalue weighted by Gasteiger charge is -2.05. The number of aromatic amines is 1. The Labute approximate surface area is 71.8 Å². The van der Waals surface area contributed by atoms with Gasteiger partial charge in [-0.3, -0.25) is 0 Å². The van der Waals surface area contributed by atoms with Crippen LogP contribution in [0.1, 0.15) is 37.6 Å². The van der Waals surface area contributed by atoms with Crippen molar-refractivity contribution in [3.63, 3.8) is 0 Å². The van der Waals surface area contributed by atoms with E-state index in [1.165, 1.54) is 12.8 Å². The van der Waals surface area contributed by atoms with E-state index in [1.807, 2.05) is 0 Å². The van der Waals surface area contributed by atoms with Crippen molar-refractivity contribution >= 4 is 0 Å². The Balaban J connectivity index is 1.79. The summed E-state index contributed by atoms with van der Waals surface area (Å²) >= 11 is 0. The van der Waals surface area contributed by atoms with Crippen LogP contribution in [0, 0.1) is 5.92 Å². The van der Waals surface area contributed by atoms with Gasteiger partial charge in [-0.1, -0.05) is 12.8 Å². The summed E-state index contributed by atoms with van der Waals surface area (Å²) in [5, 5.41) is 9.59. The summed E-state index contributed by atoms with van der Waals surface area (Å²) in [6.07, 6.45) is 7.72. The molecule has 1 aliphatic carbocycles. The maximum atomic E-state index is 9.59. The second-order valence-corrected chi connectivity index (χ2v) is 3.51. The van der Waals surface area contributed by atoms with Crippen molar-refractivity contribution in [1.82, 2.24) is 9.97 Å². The fourth-order valence-corrected chi connectivity index (χ4v) is 1.40. The molecule has 1 fully saturated rings. The van der Waals surface area contributed by atoms with Crippen molar-refractivity contribution < 1.29 is 5.11 Å². The highest BCUT2D eigenvalue weighted by molar-refractivity contribution is 4.92. The molecule has 12 heavy (non-hydrogen) atoms. The Morgan fingerprint density at radius 1 is 1.67 bits per heavy atom. The van der Waals surface area contributed by atoms with E-state index in [2.05, 4.69) is 9.97 Å². The Kier molecular flexibility index (Phi) is 2.13. The summed E-state index contributed by atoms with van der Waals surface area (Å²) < 4.78 is 0. The third-order valence-electron chi connectivity index (χ3n) is 2.38. The van der Waals surface area contributed by atoms with E-state index in [4.69, 9.17) is 0 Å².